The number of methoxy groups -OCH3 is 1. The van der Waals surface area contributed by atoms with Crippen LogP contribution in [0.25, 0.3) is 11.3 Å². The summed E-state index contributed by atoms with van der Waals surface area (Å²) in [6.45, 7) is 1.29. The average molecular weight is 465 g/mol. The summed E-state index contributed by atoms with van der Waals surface area (Å²) in [6, 6.07) is 18.4. The minimum atomic E-state index is -0.595. The van der Waals surface area contributed by atoms with E-state index in [1.807, 2.05) is 18.3 Å². The lowest BCUT2D eigenvalue weighted by atomic mass is 9.90. The van der Waals surface area contributed by atoms with Gasteiger partial charge in [0.25, 0.3) is 0 Å². The highest BCUT2D eigenvalue weighted by molar-refractivity contribution is 7.09. The molecule has 2 aromatic carbocycles. The fraction of sp³-hybridized carbons (Fsp3) is 0.280. The molecule has 6 nitrogen and oxygen atoms in total. The van der Waals surface area contributed by atoms with E-state index in [1.165, 1.54) is 22.6 Å². The number of piperidine rings is 1. The van der Waals surface area contributed by atoms with E-state index in [2.05, 4.69) is 44.9 Å². The Morgan fingerprint density at radius 1 is 1.12 bits per heavy atom. The number of likely N-dealkylation sites (tertiary alicyclic amines) is 1. The van der Waals surface area contributed by atoms with Gasteiger partial charge in [-0.1, -0.05) is 23.4 Å². The molecule has 170 valence electrons. The summed E-state index contributed by atoms with van der Waals surface area (Å²) in [4.78, 5) is 3.59. The van der Waals surface area contributed by atoms with Gasteiger partial charge in [0, 0.05) is 29.6 Å². The molecule has 2 aromatic heterocycles. The quantitative estimate of drug-likeness (QED) is 0.448. The normalized spacial score (nSPS) is 21.2. The first-order valence-electron chi connectivity index (χ1n) is 10.9. The molecule has 0 aliphatic carbocycles. The number of aliphatic hydroxyl groups excluding tert-OH is 1. The van der Waals surface area contributed by atoms with Gasteiger partial charge in [-0.25, -0.2) is 9.07 Å². The van der Waals surface area contributed by atoms with Crippen LogP contribution in [0.15, 0.2) is 72.2 Å². The van der Waals surface area contributed by atoms with Crippen molar-refractivity contribution in [3.63, 3.8) is 0 Å². The number of rotatable bonds is 6. The fourth-order valence-corrected chi connectivity index (χ4v) is 5.18. The van der Waals surface area contributed by atoms with Crippen molar-refractivity contribution in [1.82, 2.24) is 19.9 Å². The lowest BCUT2D eigenvalue weighted by Gasteiger charge is -2.42. The predicted molar refractivity (Wildman–Crippen MR) is 126 cm³/mol. The third-order valence-corrected chi connectivity index (χ3v) is 7.06. The summed E-state index contributed by atoms with van der Waals surface area (Å²) >= 11 is 1.72. The molecule has 0 amide bonds. The van der Waals surface area contributed by atoms with E-state index in [4.69, 9.17) is 4.74 Å². The minimum Gasteiger partial charge on any atom is -0.497 e. The van der Waals surface area contributed by atoms with Crippen LogP contribution in [-0.4, -0.2) is 44.8 Å². The topological polar surface area (TPSA) is 63.4 Å². The molecule has 1 N–H and O–H groups in total. The van der Waals surface area contributed by atoms with Crippen molar-refractivity contribution in [3.05, 3.63) is 88.5 Å². The molecule has 1 aliphatic rings. The van der Waals surface area contributed by atoms with Gasteiger partial charge in [0.05, 0.1) is 25.5 Å². The van der Waals surface area contributed by atoms with Crippen LogP contribution in [0.2, 0.25) is 0 Å². The molecule has 0 unspecified atom stereocenters. The summed E-state index contributed by atoms with van der Waals surface area (Å²) in [7, 11) is 1.66. The SMILES string of the molecule is COc1ccc([C@H]2C[C@@H](n3cc(-c4ccc(F)cc4)nn3)[C@H](O)CN2Cc2cccs2)cc1. The first-order valence-corrected chi connectivity index (χ1v) is 11.7. The van der Waals surface area contributed by atoms with Gasteiger partial charge < -0.3 is 9.84 Å². The smallest absolute Gasteiger partial charge is 0.123 e. The van der Waals surface area contributed by atoms with Crippen molar-refractivity contribution in [2.24, 2.45) is 0 Å². The van der Waals surface area contributed by atoms with Crippen LogP contribution < -0.4 is 4.74 Å². The summed E-state index contributed by atoms with van der Waals surface area (Å²) in [5, 5.41) is 21.8. The van der Waals surface area contributed by atoms with Crippen LogP contribution in [0.5, 0.6) is 5.75 Å². The highest BCUT2D eigenvalue weighted by Crippen LogP contribution is 2.38. The summed E-state index contributed by atoms with van der Waals surface area (Å²) < 4.78 is 20.4. The Kier molecular flexibility index (Phi) is 6.22. The van der Waals surface area contributed by atoms with Crippen molar-refractivity contribution in [2.45, 2.75) is 31.2 Å². The molecule has 0 bridgehead atoms. The number of hydrogen-bond acceptors (Lipinski definition) is 6. The van der Waals surface area contributed by atoms with Crippen LogP contribution in [-0.2, 0) is 6.54 Å². The van der Waals surface area contributed by atoms with Gasteiger partial charge in [0.1, 0.15) is 17.3 Å². The summed E-state index contributed by atoms with van der Waals surface area (Å²) in [5.74, 6) is 0.526. The maximum atomic E-state index is 13.3. The summed E-state index contributed by atoms with van der Waals surface area (Å²) in [6.07, 6.45) is 1.92. The van der Waals surface area contributed by atoms with Gasteiger partial charge in [-0.3, -0.25) is 4.90 Å². The highest BCUT2D eigenvalue weighted by Gasteiger charge is 2.37. The van der Waals surface area contributed by atoms with Crippen LogP contribution in [0.3, 0.4) is 0 Å². The van der Waals surface area contributed by atoms with Crippen LogP contribution in [0, 0.1) is 5.82 Å². The zero-order chi connectivity index (χ0) is 22.8. The number of benzene rings is 2. The Balaban J connectivity index is 1.42. The second-order valence-corrected chi connectivity index (χ2v) is 9.29. The zero-order valence-electron chi connectivity index (χ0n) is 18.2. The van der Waals surface area contributed by atoms with Gasteiger partial charge in [0.15, 0.2) is 0 Å². The predicted octanol–water partition coefficient (Wildman–Crippen LogP) is 4.70. The highest BCUT2D eigenvalue weighted by atomic mass is 32.1. The van der Waals surface area contributed by atoms with E-state index in [-0.39, 0.29) is 17.9 Å². The van der Waals surface area contributed by atoms with Gasteiger partial charge >= 0.3 is 0 Å². The minimum absolute atomic E-state index is 0.102. The lowest BCUT2D eigenvalue weighted by Crippen LogP contribution is -2.46. The Bertz CT molecular complexity index is 1180. The average Bonchev–Trinajstić information content (AvgIpc) is 3.53. The second kappa shape index (κ2) is 9.43. The third-order valence-electron chi connectivity index (χ3n) is 6.20. The van der Waals surface area contributed by atoms with E-state index >= 15 is 0 Å². The lowest BCUT2D eigenvalue weighted by molar-refractivity contribution is -0.0131. The molecule has 4 aromatic rings. The summed E-state index contributed by atoms with van der Waals surface area (Å²) in [5.41, 5.74) is 2.62. The number of halogens is 1. The van der Waals surface area contributed by atoms with Crippen molar-refractivity contribution in [1.29, 1.82) is 0 Å². The van der Waals surface area contributed by atoms with Gasteiger partial charge in [-0.2, -0.15) is 0 Å². The van der Waals surface area contributed by atoms with Crippen molar-refractivity contribution in [2.75, 3.05) is 13.7 Å². The van der Waals surface area contributed by atoms with E-state index in [9.17, 15) is 9.50 Å². The number of aliphatic hydroxyl groups is 1. The molecule has 0 saturated carbocycles. The molecule has 3 heterocycles. The molecule has 5 rings (SSSR count). The molecule has 0 radical (unpaired) electrons. The first-order chi connectivity index (χ1) is 16.1. The van der Waals surface area contributed by atoms with E-state index in [1.54, 1.807) is 35.3 Å². The molecular formula is C25H25FN4O2S. The zero-order valence-corrected chi connectivity index (χ0v) is 19.0. The van der Waals surface area contributed by atoms with Crippen LogP contribution in [0.4, 0.5) is 4.39 Å². The Morgan fingerprint density at radius 2 is 1.91 bits per heavy atom. The first kappa shape index (κ1) is 21.8. The number of β-amino-alcohol motifs (C(OH)–C–C–N with tert-alkyl or cyclic N) is 1. The van der Waals surface area contributed by atoms with E-state index in [0.29, 0.717) is 18.7 Å². The van der Waals surface area contributed by atoms with Gasteiger partial charge in [-0.15, -0.1) is 16.4 Å². The van der Waals surface area contributed by atoms with Crippen LogP contribution in [0.1, 0.15) is 28.9 Å². The van der Waals surface area contributed by atoms with Crippen molar-refractivity contribution < 1.29 is 14.2 Å². The molecule has 1 aliphatic heterocycles. The Labute approximate surface area is 195 Å². The Hall–Kier alpha value is -3.07. The molecular weight excluding hydrogens is 439 g/mol. The monoisotopic (exact) mass is 464 g/mol. The van der Waals surface area contributed by atoms with Gasteiger partial charge in [0.2, 0.25) is 0 Å². The molecule has 0 spiro atoms. The van der Waals surface area contributed by atoms with Crippen LogP contribution >= 0.6 is 11.3 Å². The fourth-order valence-electron chi connectivity index (χ4n) is 4.45. The van der Waals surface area contributed by atoms with Crippen molar-refractivity contribution >= 4 is 11.3 Å². The largest absolute Gasteiger partial charge is 0.497 e. The molecule has 3 atom stereocenters. The number of hydrogen-bond donors (Lipinski definition) is 1. The molecule has 8 heteroatoms. The second-order valence-electron chi connectivity index (χ2n) is 8.26. The maximum absolute atomic E-state index is 13.3. The van der Waals surface area contributed by atoms with Gasteiger partial charge in [-0.05, 0) is 59.8 Å². The molecule has 1 fully saturated rings. The maximum Gasteiger partial charge on any atom is 0.123 e. The van der Waals surface area contributed by atoms with E-state index in [0.717, 1.165) is 17.9 Å². The molecule has 1 saturated heterocycles. The van der Waals surface area contributed by atoms with Crippen molar-refractivity contribution in [3.8, 4) is 17.0 Å². The number of aromatic nitrogens is 3. The number of ether oxygens (including phenoxy) is 1. The number of nitrogens with zero attached hydrogens (tertiary/aromatic N) is 4. The molecule has 33 heavy (non-hydrogen) atoms. The third kappa shape index (κ3) is 4.68. The Morgan fingerprint density at radius 3 is 2.61 bits per heavy atom. The van der Waals surface area contributed by atoms with E-state index < -0.39 is 6.10 Å². The standard InChI is InChI=1S/C25H25FN4O2S/c1-32-20-10-6-18(7-11-20)23-13-24(25(31)16-29(23)14-21-3-2-12-33-21)30-15-22(27-28-30)17-4-8-19(26)9-5-17/h2-12,15,23-25,31H,13-14,16H2,1H3/t23-,24-,25-/m1/s1. The number of thiophene rings is 1.